The molecule has 2 heterocycles. The van der Waals surface area contributed by atoms with Crippen molar-refractivity contribution >= 4 is 22.4 Å². The van der Waals surface area contributed by atoms with E-state index in [1.54, 1.807) is 6.07 Å². The minimum Gasteiger partial charge on any atom is -0.421 e. The number of ketones is 1. The van der Waals surface area contributed by atoms with Crippen molar-refractivity contribution in [1.29, 1.82) is 0 Å². The third-order valence-corrected chi connectivity index (χ3v) is 5.76. The second-order valence-electron chi connectivity index (χ2n) is 8.48. The number of fused-ring (bicyclic) bond motifs is 3. The summed E-state index contributed by atoms with van der Waals surface area (Å²) in [6, 6.07) is 17.5. The van der Waals surface area contributed by atoms with Gasteiger partial charge < -0.3 is 9.73 Å². The molecule has 3 aromatic rings. The van der Waals surface area contributed by atoms with Crippen LogP contribution in [-0.2, 0) is 4.79 Å². The highest BCUT2D eigenvalue weighted by Crippen LogP contribution is 2.49. The molecule has 1 N–H and O–H groups in total. The number of hydrogen-bond donors (Lipinski definition) is 1. The molecule has 5 rings (SSSR count). The van der Waals surface area contributed by atoms with Gasteiger partial charge in [-0.05, 0) is 23.5 Å². The molecule has 0 saturated carbocycles. The number of carbonyl (C=O) groups excluding carboxylic acids is 1. The molecule has 28 heavy (non-hydrogen) atoms. The van der Waals surface area contributed by atoms with Gasteiger partial charge in [0.05, 0.1) is 0 Å². The van der Waals surface area contributed by atoms with Crippen LogP contribution in [0.4, 0.5) is 5.69 Å². The summed E-state index contributed by atoms with van der Waals surface area (Å²) in [5.41, 5.74) is 3.96. The van der Waals surface area contributed by atoms with Gasteiger partial charge in [-0.1, -0.05) is 62.4 Å². The summed E-state index contributed by atoms with van der Waals surface area (Å²) in [6.45, 7) is 4.18. The first-order chi connectivity index (χ1) is 13.4. The van der Waals surface area contributed by atoms with E-state index in [9.17, 15) is 9.59 Å². The van der Waals surface area contributed by atoms with E-state index in [2.05, 4.69) is 19.2 Å². The molecule has 0 radical (unpaired) electrons. The van der Waals surface area contributed by atoms with Crippen molar-refractivity contribution in [3.05, 3.63) is 87.4 Å². The molecule has 1 aliphatic carbocycles. The zero-order valence-corrected chi connectivity index (χ0v) is 15.9. The zero-order chi connectivity index (χ0) is 19.5. The highest BCUT2D eigenvalue weighted by atomic mass is 16.4. The summed E-state index contributed by atoms with van der Waals surface area (Å²) in [4.78, 5) is 26.1. The van der Waals surface area contributed by atoms with Gasteiger partial charge in [-0.2, -0.15) is 0 Å². The van der Waals surface area contributed by atoms with Gasteiger partial charge in [0.1, 0.15) is 11.3 Å². The Morgan fingerprint density at radius 2 is 1.68 bits per heavy atom. The monoisotopic (exact) mass is 371 g/mol. The number of Topliss-reactive ketones (excluding diaryl/α,β-unsaturated/α-hetero) is 1. The molecule has 0 spiro atoms. The van der Waals surface area contributed by atoms with E-state index in [1.807, 2.05) is 48.5 Å². The Morgan fingerprint density at radius 3 is 2.46 bits per heavy atom. The van der Waals surface area contributed by atoms with Crippen LogP contribution in [0.5, 0.6) is 0 Å². The SMILES string of the molecule is CC1(C)CC(=O)C2=C(C1)Nc1c(c3ccccc3oc1=O)C2c1ccccc1. The van der Waals surface area contributed by atoms with Gasteiger partial charge in [-0.15, -0.1) is 0 Å². The average molecular weight is 371 g/mol. The molecule has 1 atom stereocenters. The number of hydrogen-bond acceptors (Lipinski definition) is 4. The number of carbonyl (C=O) groups is 1. The molecule has 0 bridgehead atoms. The Labute approximate surface area is 162 Å². The van der Waals surface area contributed by atoms with Crippen LogP contribution >= 0.6 is 0 Å². The topological polar surface area (TPSA) is 59.3 Å². The van der Waals surface area contributed by atoms with E-state index >= 15 is 0 Å². The van der Waals surface area contributed by atoms with Crippen LogP contribution in [0.25, 0.3) is 11.0 Å². The van der Waals surface area contributed by atoms with Crippen molar-refractivity contribution in [3.63, 3.8) is 0 Å². The number of rotatable bonds is 1. The number of nitrogens with one attached hydrogen (secondary N) is 1. The smallest absolute Gasteiger partial charge is 0.360 e. The Morgan fingerprint density at radius 1 is 0.964 bits per heavy atom. The Balaban J connectivity index is 1.87. The Kier molecular flexibility index (Phi) is 3.60. The summed E-state index contributed by atoms with van der Waals surface area (Å²) >= 11 is 0. The normalized spacial score (nSPS) is 20.5. The predicted octanol–water partition coefficient (Wildman–Crippen LogP) is 4.99. The minimum atomic E-state index is -0.392. The first kappa shape index (κ1) is 17.0. The van der Waals surface area contributed by atoms with E-state index < -0.39 is 5.63 Å². The number of para-hydroxylation sites is 1. The number of benzene rings is 2. The lowest BCUT2D eigenvalue weighted by Crippen LogP contribution is -2.35. The third-order valence-electron chi connectivity index (χ3n) is 5.76. The van der Waals surface area contributed by atoms with Gasteiger partial charge >= 0.3 is 5.63 Å². The van der Waals surface area contributed by atoms with Crippen LogP contribution in [-0.4, -0.2) is 5.78 Å². The molecule has 0 amide bonds. The first-order valence-electron chi connectivity index (χ1n) is 9.58. The predicted molar refractivity (Wildman–Crippen MR) is 109 cm³/mol. The molecule has 4 nitrogen and oxygen atoms in total. The standard InChI is InChI=1S/C24H21NO3/c1-24(2)12-16-21(17(26)13-24)19(14-8-4-3-5-9-14)20-15-10-6-7-11-18(15)28-23(27)22(20)25-16/h3-11,19,25H,12-13H2,1-2H3. The molecule has 1 unspecified atom stereocenters. The average Bonchev–Trinajstić information content (AvgIpc) is 2.66. The summed E-state index contributed by atoms with van der Waals surface area (Å²) in [7, 11) is 0. The molecule has 1 aromatic heterocycles. The third kappa shape index (κ3) is 2.52. The lowest BCUT2D eigenvalue weighted by molar-refractivity contribution is -0.118. The van der Waals surface area contributed by atoms with Crippen LogP contribution in [0, 0.1) is 5.41 Å². The van der Waals surface area contributed by atoms with Gasteiger partial charge in [0, 0.05) is 34.6 Å². The molecule has 4 heteroatoms. The molecule has 1 aliphatic heterocycles. The summed E-state index contributed by atoms with van der Waals surface area (Å²) < 4.78 is 5.58. The van der Waals surface area contributed by atoms with Crippen molar-refractivity contribution in [2.75, 3.05) is 5.32 Å². The minimum absolute atomic E-state index is 0.140. The zero-order valence-electron chi connectivity index (χ0n) is 15.9. The van der Waals surface area contributed by atoms with Crippen LogP contribution in [0.1, 0.15) is 43.7 Å². The van der Waals surface area contributed by atoms with E-state index in [0.717, 1.165) is 34.2 Å². The van der Waals surface area contributed by atoms with Crippen molar-refractivity contribution in [2.24, 2.45) is 5.41 Å². The molecular formula is C24H21NO3. The summed E-state index contributed by atoms with van der Waals surface area (Å²) in [6.07, 6.45) is 1.23. The van der Waals surface area contributed by atoms with Gasteiger partial charge in [0.25, 0.3) is 0 Å². The molecule has 0 saturated heterocycles. The molecule has 2 aliphatic rings. The summed E-state index contributed by atoms with van der Waals surface area (Å²) in [5, 5.41) is 4.16. The van der Waals surface area contributed by atoms with Gasteiger partial charge in [-0.25, -0.2) is 4.79 Å². The summed E-state index contributed by atoms with van der Waals surface area (Å²) in [5.74, 6) is -0.124. The highest BCUT2D eigenvalue weighted by Gasteiger charge is 2.42. The van der Waals surface area contributed by atoms with E-state index in [4.69, 9.17) is 4.42 Å². The van der Waals surface area contributed by atoms with E-state index in [0.29, 0.717) is 17.7 Å². The Bertz CT molecular complexity index is 1200. The van der Waals surface area contributed by atoms with Crippen LogP contribution < -0.4 is 10.9 Å². The van der Waals surface area contributed by atoms with Crippen LogP contribution in [0.3, 0.4) is 0 Å². The lowest BCUT2D eigenvalue weighted by atomic mass is 9.68. The Hall–Kier alpha value is -3.14. The highest BCUT2D eigenvalue weighted by molar-refractivity contribution is 6.03. The van der Waals surface area contributed by atoms with E-state index in [1.165, 1.54) is 0 Å². The lowest BCUT2D eigenvalue weighted by Gasteiger charge is -2.39. The second kappa shape index (κ2) is 5.93. The number of anilines is 1. The van der Waals surface area contributed by atoms with Crippen LogP contribution in [0.15, 0.2) is 75.1 Å². The molecule has 2 aromatic carbocycles. The van der Waals surface area contributed by atoms with E-state index in [-0.39, 0.29) is 17.1 Å². The molecule has 140 valence electrons. The van der Waals surface area contributed by atoms with Gasteiger partial charge in [0.15, 0.2) is 5.78 Å². The quantitative estimate of drug-likeness (QED) is 0.612. The largest absolute Gasteiger partial charge is 0.421 e. The maximum atomic E-state index is 13.3. The van der Waals surface area contributed by atoms with Crippen molar-refractivity contribution in [2.45, 2.75) is 32.6 Å². The molecular weight excluding hydrogens is 350 g/mol. The van der Waals surface area contributed by atoms with Gasteiger partial charge in [0.2, 0.25) is 0 Å². The second-order valence-corrected chi connectivity index (χ2v) is 8.48. The van der Waals surface area contributed by atoms with Crippen molar-refractivity contribution in [1.82, 2.24) is 0 Å². The fraction of sp³-hybridized carbons (Fsp3) is 0.250. The fourth-order valence-electron chi connectivity index (χ4n) is 4.65. The van der Waals surface area contributed by atoms with Gasteiger partial charge in [-0.3, -0.25) is 4.79 Å². The molecule has 0 fully saturated rings. The van der Waals surface area contributed by atoms with Crippen LogP contribution in [0.2, 0.25) is 0 Å². The van der Waals surface area contributed by atoms with Crippen molar-refractivity contribution < 1.29 is 9.21 Å². The van der Waals surface area contributed by atoms with Crippen molar-refractivity contribution in [3.8, 4) is 0 Å². The number of allylic oxidation sites excluding steroid dienone is 2. The first-order valence-corrected chi connectivity index (χ1v) is 9.58. The maximum Gasteiger partial charge on any atom is 0.360 e. The fourth-order valence-corrected chi connectivity index (χ4v) is 4.65. The maximum absolute atomic E-state index is 13.3.